The molecule has 1 aromatic rings. The minimum atomic E-state index is 0.527. The summed E-state index contributed by atoms with van der Waals surface area (Å²) in [5.74, 6) is 0. The normalized spacial score (nSPS) is 28.3. The number of nitrogens with zero attached hydrogens (tertiary/aromatic N) is 1. The molecule has 0 aliphatic carbocycles. The molecule has 2 heterocycles. The fourth-order valence-electron chi connectivity index (χ4n) is 3.20. The van der Waals surface area contributed by atoms with Gasteiger partial charge < -0.3 is 5.32 Å². The highest BCUT2D eigenvalue weighted by molar-refractivity contribution is 6.35. The molecule has 98 valence electrons. The molecule has 2 saturated heterocycles. The Hall–Kier alpha value is -0.280. The van der Waals surface area contributed by atoms with E-state index in [-0.39, 0.29) is 0 Å². The molecule has 1 aromatic carbocycles. The van der Waals surface area contributed by atoms with Crippen LogP contribution in [0.25, 0.3) is 0 Å². The van der Waals surface area contributed by atoms with Crippen molar-refractivity contribution in [2.75, 3.05) is 26.2 Å². The molecule has 0 amide bonds. The monoisotopic (exact) mass is 284 g/mol. The second-order valence-corrected chi connectivity index (χ2v) is 6.47. The molecule has 1 unspecified atom stereocenters. The van der Waals surface area contributed by atoms with E-state index in [2.05, 4.69) is 10.2 Å². The molecule has 2 fully saturated rings. The number of nitrogens with one attached hydrogen (secondary N) is 1. The number of likely N-dealkylation sites (tertiary alicyclic amines) is 1. The molecule has 1 atom stereocenters. The van der Waals surface area contributed by atoms with E-state index in [0.717, 1.165) is 11.6 Å². The quantitative estimate of drug-likeness (QED) is 0.897. The van der Waals surface area contributed by atoms with Gasteiger partial charge in [0.2, 0.25) is 0 Å². The van der Waals surface area contributed by atoms with Crippen LogP contribution in [0, 0.1) is 5.41 Å². The van der Waals surface area contributed by atoms with Gasteiger partial charge in [-0.05, 0) is 49.0 Å². The molecule has 2 nitrogen and oxygen atoms in total. The predicted octanol–water partition coefficient (Wildman–Crippen LogP) is 3.18. The van der Waals surface area contributed by atoms with Crippen molar-refractivity contribution in [1.82, 2.24) is 10.2 Å². The lowest BCUT2D eigenvalue weighted by Crippen LogP contribution is -2.29. The SMILES string of the molecule is Clc1ccc(CN2CCC3(CCNC3)C2)c(Cl)c1. The Bertz CT molecular complexity index is 441. The maximum absolute atomic E-state index is 6.24. The Labute approximate surface area is 118 Å². The standard InChI is InChI=1S/C14H18Cl2N2/c15-12-2-1-11(13(16)7-12)8-18-6-4-14(10-18)3-5-17-9-14/h1-2,7,17H,3-6,8-10H2. The number of hydrogen-bond acceptors (Lipinski definition) is 2. The van der Waals surface area contributed by atoms with Gasteiger partial charge in [0.25, 0.3) is 0 Å². The number of hydrogen-bond donors (Lipinski definition) is 1. The summed E-state index contributed by atoms with van der Waals surface area (Å²) in [6.45, 7) is 5.67. The third-order valence-electron chi connectivity index (χ3n) is 4.26. The zero-order valence-corrected chi connectivity index (χ0v) is 11.9. The summed E-state index contributed by atoms with van der Waals surface area (Å²) in [6, 6.07) is 5.80. The van der Waals surface area contributed by atoms with Crippen molar-refractivity contribution in [2.45, 2.75) is 19.4 Å². The Morgan fingerprint density at radius 2 is 2.17 bits per heavy atom. The van der Waals surface area contributed by atoms with Crippen molar-refractivity contribution < 1.29 is 0 Å². The maximum Gasteiger partial charge on any atom is 0.0465 e. The topological polar surface area (TPSA) is 15.3 Å². The van der Waals surface area contributed by atoms with Crippen LogP contribution in [0.1, 0.15) is 18.4 Å². The maximum atomic E-state index is 6.24. The summed E-state index contributed by atoms with van der Waals surface area (Å²) in [6.07, 6.45) is 2.63. The molecule has 2 aliphatic rings. The largest absolute Gasteiger partial charge is 0.316 e. The molecule has 18 heavy (non-hydrogen) atoms. The summed E-state index contributed by atoms with van der Waals surface area (Å²) in [4.78, 5) is 2.52. The highest BCUT2D eigenvalue weighted by atomic mass is 35.5. The van der Waals surface area contributed by atoms with Crippen LogP contribution < -0.4 is 5.32 Å². The average Bonchev–Trinajstić information content (AvgIpc) is 2.94. The molecule has 0 bridgehead atoms. The van der Waals surface area contributed by atoms with Gasteiger partial charge in [-0.1, -0.05) is 29.3 Å². The van der Waals surface area contributed by atoms with E-state index in [1.807, 2.05) is 18.2 Å². The first-order chi connectivity index (χ1) is 8.67. The van der Waals surface area contributed by atoms with Gasteiger partial charge in [0.1, 0.15) is 0 Å². The van der Waals surface area contributed by atoms with Crippen LogP contribution in [0.15, 0.2) is 18.2 Å². The van der Waals surface area contributed by atoms with Crippen molar-refractivity contribution in [3.05, 3.63) is 33.8 Å². The summed E-state index contributed by atoms with van der Waals surface area (Å²) in [5, 5.41) is 4.98. The Kier molecular flexibility index (Phi) is 3.55. The second kappa shape index (κ2) is 5.01. The highest BCUT2D eigenvalue weighted by Gasteiger charge is 2.40. The second-order valence-electron chi connectivity index (χ2n) is 5.62. The molecule has 0 aromatic heterocycles. The molecule has 1 spiro atoms. The van der Waals surface area contributed by atoms with Gasteiger partial charge in [0, 0.05) is 29.7 Å². The van der Waals surface area contributed by atoms with E-state index in [9.17, 15) is 0 Å². The van der Waals surface area contributed by atoms with E-state index in [1.54, 1.807) is 0 Å². The van der Waals surface area contributed by atoms with E-state index in [4.69, 9.17) is 23.2 Å². The van der Waals surface area contributed by atoms with E-state index < -0.39 is 0 Å². The molecule has 0 saturated carbocycles. The smallest absolute Gasteiger partial charge is 0.0465 e. The minimum Gasteiger partial charge on any atom is -0.316 e. The molecular formula is C14H18Cl2N2. The number of benzene rings is 1. The van der Waals surface area contributed by atoms with Crippen LogP contribution in [0.5, 0.6) is 0 Å². The van der Waals surface area contributed by atoms with E-state index in [0.29, 0.717) is 10.4 Å². The first-order valence-corrected chi connectivity index (χ1v) is 7.30. The van der Waals surface area contributed by atoms with Gasteiger partial charge in [-0.25, -0.2) is 0 Å². The van der Waals surface area contributed by atoms with Crippen molar-refractivity contribution in [2.24, 2.45) is 5.41 Å². The highest BCUT2D eigenvalue weighted by Crippen LogP contribution is 2.37. The summed E-state index contributed by atoms with van der Waals surface area (Å²) >= 11 is 12.2. The summed E-state index contributed by atoms with van der Waals surface area (Å²) < 4.78 is 0. The Balaban J connectivity index is 1.67. The lowest BCUT2D eigenvalue weighted by atomic mass is 9.86. The van der Waals surface area contributed by atoms with Crippen molar-refractivity contribution in [1.29, 1.82) is 0 Å². The van der Waals surface area contributed by atoms with Crippen LogP contribution in [-0.2, 0) is 6.54 Å². The third-order valence-corrected chi connectivity index (χ3v) is 4.85. The Morgan fingerprint density at radius 3 is 2.89 bits per heavy atom. The van der Waals surface area contributed by atoms with Crippen molar-refractivity contribution >= 4 is 23.2 Å². The number of rotatable bonds is 2. The van der Waals surface area contributed by atoms with Crippen LogP contribution in [0.2, 0.25) is 10.0 Å². The number of halogens is 2. The van der Waals surface area contributed by atoms with E-state index in [1.165, 1.54) is 44.6 Å². The fraction of sp³-hybridized carbons (Fsp3) is 0.571. The predicted molar refractivity (Wildman–Crippen MR) is 76.3 cm³/mol. The molecule has 2 aliphatic heterocycles. The molecule has 1 N–H and O–H groups in total. The average molecular weight is 285 g/mol. The fourth-order valence-corrected chi connectivity index (χ4v) is 3.67. The molecule has 3 rings (SSSR count). The molecule has 0 radical (unpaired) electrons. The lowest BCUT2D eigenvalue weighted by molar-refractivity contribution is 0.269. The first-order valence-electron chi connectivity index (χ1n) is 6.54. The van der Waals surface area contributed by atoms with Gasteiger partial charge in [-0.2, -0.15) is 0 Å². The Morgan fingerprint density at radius 1 is 1.28 bits per heavy atom. The van der Waals surface area contributed by atoms with Gasteiger partial charge in [0.05, 0.1) is 0 Å². The molecular weight excluding hydrogens is 267 g/mol. The lowest BCUT2D eigenvalue weighted by Gasteiger charge is -2.23. The van der Waals surface area contributed by atoms with Gasteiger partial charge in [0.15, 0.2) is 0 Å². The van der Waals surface area contributed by atoms with Crippen LogP contribution >= 0.6 is 23.2 Å². The summed E-state index contributed by atoms with van der Waals surface area (Å²) in [5.41, 5.74) is 1.71. The third kappa shape index (κ3) is 2.53. The zero-order valence-electron chi connectivity index (χ0n) is 10.4. The van der Waals surface area contributed by atoms with E-state index >= 15 is 0 Å². The van der Waals surface area contributed by atoms with Gasteiger partial charge in [-0.15, -0.1) is 0 Å². The van der Waals surface area contributed by atoms with Gasteiger partial charge in [-0.3, -0.25) is 4.90 Å². The van der Waals surface area contributed by atoms with Crippen molar-refractivity contribution in [3.8, 4) is 0 Å². The minimum absolute atomic E-state index is 0.527. The van der Waals surface area contributed by atoms with Crippen LogP contribution in [0.4, 0.5) is 0 Å². The van der Waals surface area contributed by atoms with Crippen LogP contribution in [0.3, 0.4) is 0 Å². The van der Waals surface area contributed by atoms with Crippen LogP contribution in [-0.4, -0.2) is 31.1 Å². The first kappa shape index (κ1) is 12.7. The molecule has 4 heteroatoms. The van der Waals surface area contributed by atoms with Gasteiger partial charge >= 0.3 is 0 Å². The zero-order chi connectivity index (χ0) is 12.6. The summed E-state index contributed by atoms with van der Waals surface area (Å²) in [7, 11) is 0. The van der Waals surface area contributed by atoms with Crippen molar-refractivity contribution in [3.63, 3.8) is 0 Å².